The van der Waals surface area contributed by atoms with Crippen LogP contribution in [0.3, 0.4) is 0 Å². The Balaban J connectivity index is 2.25. The second-order valence-electron chi connectivity index (χ2n) is 5.46. The first-order valence-electron chi connectivity index (χ1n) is 6.73. The van der Waals surface area contributed by atoms with E-state index < -0.39 is 0 Å². The molecular formula is C17H20OS. The van der Waals surface area contributed by atoms with Crippen LogP contribution in [-0.4, -0.2) is 5.78 Å². The summed E-state index contributed by atoms with van der Waals surface area (Å²) in [7, 11) is 0. The van der Waals surface area contributed by atoms with E-state index in [9.17, 15) is 4.79 Å². The zero-order valence-corrected chi connectivity index (χ0v) is 12.8. The molecule has 2 heteroatoms. The van der Waals surface area contributed by atoms with Gasteiger partial charge >= 0.3 is 0 Å². The Kier molecular flexibility index (Phi) is 4.20. The summed E-state index contributed by atoms with van der Waals surface area (Å²) in [6, 6.07) is 12.6. The second kappa shape index (κ2) is 5.70. The maximum atomic E-state index is 11.9. The average Bonchev–Trinajstić information content (AvgIpc) is 2.87. The van der Waals surface area contributed by atoms with E-state index in [1.54, 1.807) is 11.3 Å². The number of hydrogen-bond acceptors (Lipinski definition) is 2. The van der Waals surface area contributed by atoms with Crippen LogP contribution in [0, 0.1) is 5.92 Å². The van der Waals surface area contributed by atoms with Crippen LogP contribution in [-0.2, 0) is 0 Å². The number of ketones is 1. The third-order valence-electron chi connectivity index (χ3n) is 3.24. The first-order valence-corrected chi connectivity index (χ1v) is 7.55. The molecule has 2 aromatic rings. The minimum atomic E-state index is 0.0646. The van der Waals surface area contributed by atoms with Crippen molar-refractivity contribution in [3.05, 3.63) is 46.8 Å². The Hall–Kier alpha value is -1.41. The minimum Gasteiger partial charge on any atom is -0.293 e. The lowest BCUT2D eigenvalue weighted by Gasteiger charge is -2.05. The van der Waals surface area contributed by atoms with Gasteiger partial charge in [0.25, 0.3) is 0 Å². The van der Waals surface area contributed by atoms with Crippen LogP contribution in [0.1, 0.15) is 48.8 Å². The van der Waals surface area contributed by atoms with E-state index in [0.717, 1.165) is 4.88 Å². The fourth-order valence-electron chi connectivity index (χ4n) is 1.94. The molecule has 0 saturated heterocycles. The number of Topliss-reactive ketones (excluding diaryl/α,β-unsaturated/α-hetero) is 1. The number of carbonyl (C=O) groups excluding carboxylic acids is 1. The van der Waals surface area contributed by atoms with Gasteiger partial charge in [-0.3, -0.25) is 4.79 Å². The van der Waals surface area contributed by atoms with Crippen LogP contribution in [0.25, 0.3) is 10.4 Å². The molecule has 0 spiro atoms. The van der Waals surface area contributed by atoms with Gasteiger partial charge in [0.05, 0.1) is 4.88 Å². The van der Waals surface area contributed by atoms with Gasteiger partial charge in [-0.05, 0) is 29.2 Å². The fourth-order valence-corrected chi connectivity index (χ4v) is 3.04. The predicted molar refractivity (Wildman–Crippen MR) is 83.0 cm³/mol. The molecule has 0 unspecified atom stereocenters. The van der Waals surface area contributed by atoms with Crippen molar-refractivity contribution in [2.75, 3.05) is 0 Å². The van der Waals surface area contributed by atoms with Gasteiger partial charge in [0.15, 0.2) is 5.78 Å². The van der Waals surface area contributed by atoms with Gasteiger partial charge in [0, 0.05) is 10.8 Å². The Morgan fingerprint density at radius 2 is 1.58 bits per heavy atom. The lowest BCUT2D eigenvalue weighted by Crippen LogP contribution is -2.04. The zero-order valence-electron chi connectivity index (χ0n) is 11.9. The lowest BCUT2D eigenvalue weighted by molar-refractivity contribution is 0.0943. The molecule has 2 rings (SSSR count). The molecule has 19 heavy (non-hydrogen) atoms. The van der Waals surface area contributed by atoms with Crippen LogP contribution < -0.4 is 0 Å². The third kappa shape index (κ3) is 3.13. The van der Waals surface area contributed by atoms with E-state index in [4.69, 9.17) is 0 Å². The fraction of sp³-hybridized carbons (Fsp3) is 0.353. The van der Waals surface area contributed by atoms with Gasteiger partial charge < -0.3 is 0 Å². The summed E-state index contributed by atoms with van der Waals surface area (Å²) < 4.78 is 0. The van der Waals surface area contributed by atoms with Crippen molar-refractivity contribution in [1.82, 2.24) is 0 Å². The maximum Gasteiger partial charge on any atom is 0.175 e. The smallest absolute Gasteiger partial charge is 0.175 e. The SMILES string of the molecule is CC(C)C(=O)c1ccc(-c2ccc(C(C)C)cc2)s1. The van der Waals surface area contributed by atoms with Crippen LogP contribution in [0.2, 0.25) is 0 Å². The first-order chi connectivity index (χ1) is 8.99. The molecule has 0 radical (unpaired) electrons. The highest BCUT2D eigenvalue weighted by Crippen LogP contribution is 2.30. The van der Waals surface area contributed by atoms with Gasteiger partial charge in [-0.2, -0.15) is 0 Å². The number of benzene rings is 1. The van der Waals surface area contributed by atoms with Crippen molar-refractivity contribution in [1.29, 1.82) is 0 Å². The molecule has 0 bridgehead atoms. The van der Waals surface area contributed by atoms with E-state index >= 15 is 0 Å². The predicted octanol–water partition coefficient (Wildman–Crippen LogP) is 5.38. The summed E-state index contributed by atoms with van der Waals surface area (Å²) in [5.74, 6) is 0.848. The van der Waals surface area contributed by atoms with Crippen molar-refractivity contribution in [2.24, 2.45) is 5.92 Å². The molecule has 1 aromatic carbocycles. The Morgan fingerprint density at radius 1 is 0.947 bits per heavy atom. The Bertz CT molecular complexity index is 561. The molecule has 0 fully saturated rings. The molecule has 0 aliphatic carbocycles. The highest BCUT2D eigenvalue weighted by Gasteiger charge is 2.13. The van der Waals surface area contributed by atoms with Gasteiger partial charge in [0.1, 0.15) is 0 Å². The Labute approximate surface area is 119 Å². The monoisotopic (exact) mass is 272 g/mol. The van der Waals surface area contributed by atoms with E-state index in [0.29, 0.717) is 5.92 Å². The molecule has 0 N–H and O–H groups in total. The van der Waals surface area contributed by atoms with Crippen molar-refractivity contribution >= 4 is 17.1 Å². The van der Waals surface area contributed by atoms with Crippen molar-refractivity contribution in [2.45, 2.75) is 33.6 Å². The molecule has 0 amide bonds. The molecule has 100 valence electrons. The average molecular weight is 272 g/mol. The molecule has 0 atom stereocenters. The number of hydrogen-bond donors (Lipinski definition) is 0. The minimum absolute atomic E-state index is 0.0646. The lowest BCUT2D eigenvalue weighted by atomic mass is 10.0. The quantitative estimate of drug-likeness (QED) is 0.683. The number of rotatable bonds is 4. The van der Waals surface area contributed by atoms with Gasteiger partial charge in [-0.25, -0.2) is 0 Å². The van der Waals surface area contributed by atoms with Crippen molar-refractivity contribution in [3.63, 3.8) is 0 Å². The van der Waals surface area contributed by atoms with E-state index in [-0.39, 0.29) is 11.7 Å². The highest BCUT2D eigenvalue weighted by atomic mass is 32.1. The topological polar surface area (TPSA) is 17.1 Å². The van der Waals surface area contributed by atoms with Gasteiger partial charge in [0.2, 0.25) is 0 Å². The molecule has 1 heterocycles. The third-order valence-corrected chi connectivity index (χ3v) is 4.38. The standard InChI is InChI=1S/C17H20OS/c1-11(2)13-5-7-14(8-6-13)15-9-10-16(19-15)17(18)12(3)4/h5-12H,1-4H3. The molecule has 1 aromatic heterocycles. The normalized spacial score (nSPS) is 11.3. The second-order valence-corrected chi connectivity index (χ2v) is 6.54. The number of carbonyl (C=O) groups is 1. The van der Waals surface area contributed by atoms with Crippen LogP contribution >= 0.6 is 11.3 Å². The van der Waals surface area contributed by atoms with Crippen molar-refractivity contribution in [3.8, 4) is 10.4 Å². The summed E-state index contributed by atoms with van der Waals surface area (Å²) in [6.45, 7) is 8.28. The van der Waals surface area contributed by atoms with Gasteiger partial charge in [-0.15, -0.1) is 11.3 Å². The molecule has 0 aliphatic heterocycles. The van der Waals surface area contributed by atoms with Crippen LogP contribution in [0.4, 0.5) is 0 Å². The molecule has 0 aliphatic rings. The summed E-state index contributed by atoms with van der Waals surface area (Å²) in [6.07, 6.45) is 0. The van der Waals surface area contributed by atoms with E-state index in [1.165, 1.54) is 16.0 Å². The molecular weight excluding hydrogens is 252 g/mol. The molecule has 0 saturated carbocycles. The Morgan fingerprint density at radius 3 is 2.11 bits per heavy atom. The number of thiophene rings is 1. The van der Waals surface area contributed by atoms with Crippen LogP contribution in [0.5, 0.6) is 0 Å². The van der Waals surface area contributed by atoms with E-state index in [1.807, 2.05) is 26.0 Å². The zero-order chi connectivity index (χ0) is 14.0. The summed E-state index contributed by atoms with van der Waals surface area (Å²) in [4.78, 5) is 14.0. The van der Waals surface area contributed by atoms with E-state index in [2.05, 4.69) is 38.1 Å². The van der Waals surface area contributed by atoms with Crippen LogP contribution in [0.15, 0.2) is 36.4 Å². The highest BCUT2D eigenvalue weighted by molar-refractivity contribution is 7.17. The summed E-state index contributed by atoms with van der Waals surface area (Å²) in [5.41, 5.74) is 2.54. The largest absolute Gasteiger partial charge is 0.293 e. The molecule has 1 nitrogen and oxygen atoms in total. The van der Waals surface area contributed by atoms with Gasteiger partial charge in [-0.1, -0.05) is 52.0 Å². The summed E-state index contributed by atoms with van der Waals surface area (Å²) >= 11 is 1.59. The van der Waals surface area contributed by atoms with Crippen molar-refractivity contribution < 1.29 is 4.79 Å². The maximum absolute atomic E-state index is 11.9. The first kappa shape index (κ1) is 14.0. The summed E-state index contributed by atoms with van der Waals surface area (Å²) in [5, 5.41) is 0.